The van der Waals surface area contributed by atoms with Crippen LogP contribution >= 0.6 is 0 Å². The van der Waals surface area contributed by atoms with E-state index in [1.165, 1.54) is 37.3 Å². The highest BCUT2D eigenvalue weighted by molar-refractivity contribution is 7.92. The van der Waals surface area contributed by atoms with Crippen molar-refractivity contribution in [1.82, 2.24) is 10.2 Å². The molecule has 0 unspecified atom stereocenters. The maximum absolute atomic E-state index is 14.2. The number of amides is 2. The number of nitrogens with zero attached hydrogens (tertiary/aromatic N) is 2. The first-order valence-corrected chi connectivity index (χ1v) is 15.4. The van der Waals surface area contributed by atoms with Crippen LogP contribution in [0.4, 0.5) is 5.69 Å². The molecule has 3 aromatic carbocycles. The lowest BCUT2D eigenvalue weighted by Gasteiger charge is -2.33. The molecular formula is C32H41N3O7S. The largest absolute Gasteiger partial charge is 0.497 e. The van der Waals surface area contributed by atoms with Crippen molar-refractivity contribution in [3.63, 3.8) is 0 Å². The first-order chi connectivity index (χ1) is 20.4. The Morgan fingerprint density at radius 1 is 0.884 bits per heavy atom. The average molecular weight is 612 g/mol. The van der Waals surface area contributed by atoms with Gasteiger partial charge in [-0.3, -0.25) is 13.9 Å². The third-order valence-electron chi connectivity index (χ3n) is 7.20. The van der Waals surface area contributed by atoms with Gasteiger partial charge >= 0.3 is 0 Å². The minimum atomic E-state index is -4.28. The summed E-state index contributed by atoms with van der Waals surface area (Å²) in [6.45, 7) is 6.74. The fourth-order valence-electron chi connectivity index (χ4n) is 4.36. The van der Waals surface area contributed by atoms with Crippen LogP contribution in [-0.4, -0.2) is 65.1 Å². The summed E-state index contributed by atoms with van der Waals surface area (Å²) in [7, 11) is 0.140. The number of ether oxygens (including phenoxy) is 3. The van der Waals surface area contributed by atoms with Gasteiger partial charge in [-0.15, -0.1) is 0 Å². The third-order valence-corrected chi connectivity index (χ3v) is 8.97. The molecule has 0 radical (unpaired) electrons. The van der Waals surface area contributed by atoms with Gasteiger partial charge in [0.25, 0.3) is 10.0 Å². The monoisotopic (exact) mass is 611 g/mol. The summed E-state index contributed by atoms with van der Waals surface area (Å²) >= 11 is 0. The average Bonchev–Trinajstić information content (AvgIpc) is 3.01. The standard InChI is InChI=1S/C32H41N3O7S/c1-8-23(3)33-32(37)24(4)34(20-25-10-9-11-26(18-25)40-5)31(36)21-35(29-19-27(41-6)14-17-30(29)42-7)43(38,39)28-15-12-22(2)13-16-28/h9-19,23-24H,8,20-21H2,1-7H3,(H,33,37)/t23-,24-/m0/s1. The minimum absolute atomic E-state index is 0.00215. The van der Waals surface area contributed by atoms with Crippen molar-refractivity contribution in [3.8, 4) is 17.2 Å². The Morgan fingerprint density at radius 2 is 1.53 bits per heavy atom. The molecule has 0 fully saturated rings. The van der Waals surface area contributed by atoms with Gasteiger partial charge in [-0.2, -0.15) is 0 Å². The molecule has 0 aliphatic rings. The normalized spacial score (nSPS) is 12.5. The molecule has 3 aromatic rings. The van der Waals surface area contributed by atoms with Crippen molar-refractivity contribution in [1.29, 1.82) is 0 Å². The lowest BCUT2D eigenvalue weighted by atomic mass is 10.1. The van der Waals surface area contributed by atoms with Gasteiger partial charge in [-0.25, -0.2) is 8.42 Å². The zero-order valence-corrected chi connectivity index (χ0v) is 26.6. The van der Waals surface area contributed by atoms with Gasteiger partial charge in [0.15, 0.2) is 0 Å². The first-order valence-electron chi connectivity index (χ1n) is 14.0. The summed E-state index contributed by atoms with van der Waals surface area (Å²) in [5.74, 6) is 0.257. The molecular weight excluding hydrogens is 570 g/mol. The summed E-state index contributed by atoms with van der Waals surface area (Å²) in [6, 6.07) is 17.2. The minimum Gasteiger partial charge on any atom is -0.497 e. The van der Waals surface area contributed by atoms with Crippen LogP contribution in [-0.2, 0) is 26.2 Å². The van der Waals surface area contributed by atoms with Crippen LogP contribution in [0.25, 0.3) is 0 Å². The van der Waals surface area contributed by atoms with Gasteiger partial charge in [-0.05, 0) is 69.2 Å². The Bertz CT molecular complexity index is 1510. The number of nitrogens with one attached hydrogen (secondary N) is 1. The van der Waals surface area contributed by atoms with E-state index in [9.17, 15) is 18.0 Å². The van der Waals surface area contributed by atoms with Gasteiger partial charge < -0.3 is 24.4 Å². The summed E-state index contributed by atoms with van der Waals surface area (Å²) in [4.78, 5) is 28.8. The van der Waals surface area contributed by atoms with Gasteiger partial charge in [-0.1, -0.05) is 36.8 Å². The molecule has 0 bridgehead atoms. The highest BCUT2D eigenvalue weighted by atomic mass is 32.2. The smallest absolute Gasteiger partial charge is 0.264 e. The molecule has 0 aliphatic heterocycles. The molecule has 3 rings (SSSR count). The van der Waals surface area contributed by atoms with Crippen LogP contribution in [0.2, 0.25) is 0 Å². The van der Waals surface area contributed by atoms with E-state index in [0.29, 0.717) is 23.5 Å². The fraction of sp³-hybridized carbons (Fsp3) is 0.375. The van der Waals surface area contributed by atoms with Crippen LogP contribution in [0, 0.1) is 6.92 Å². The molecule has 0 saturated carbocycles. The second kappa shape index (κ2) is 14.8. The Kier molecular flexibility index (Phi) is 11.4. The molecule has 0 heterocycles. The third kappa shape index (κ3) is 8.19. The Labute approximate surface area is 254 Å². The van der Waals surface area contributed by atoms with Crippen molar-refractivity contribution in [2.45, 2.75) is 57.6 Å². The van der Waals surface area contributed by atoms with Crippen LogP contribution in [0.1, 0.15) is 38.3 Å². The molecule has 0 aromatic heterocycles. The molecule has 2 amide bonds. The van der Waals surface area contributed by atoms with Gasteiger partial charge in [0.05, 0.1) is 31.9 Å². The van der Waals surface area contributed by atoms with Gasteiger partial charge in [0, 0.05) is 18.7 Å². The predicted molar refractivity (Wildman–Crippen MR) is 166 cm³/mol. The Balaban J connectivity index is 2.12. The van der Waals surface area contributed by atoms with E-state index in [1.807, 2.05) is 26.8 Å². The van der Waals surface area contributed by atoms with Crippen molar-refractivity contribution >= 4 is 27.5 Å². The zero-order chi connectivity index (χ0) is 31.7. The van der Waals surface area contributed by atoms with Crippen LogP contribution < -0.4 is 23.8 Å². The summed E-state index contributed by atoms with van der Waals surface area (Å²) in [5.41, 5.74) is 1.71. The zero-order valence-electron chi connectivity index (χ0n) is 25.8. The highest BCUT2D eigenvalue weighted by Crippen LogP contribution is 2.36. The van der Waals surface area contributed by atoms with E-state index in [-0.39, 0.29) is 34.8 Å². The maximum Gasteiger partial charge on any atom is 0.264 e. The summed E-state index contributed by atoms with van der Waals surface area (Å²) in [5, 5.41) is 2.93. The van der Waals surface area contributed by atoms with E-state index in [1.54, 1.807) is 56.5 Å². The Hall–Kier alpha value is -4.25. The number of sulfonamides is 1. The Morgan fingerprint density at radius 3 is 2.14 bits per heavy atom. The van der Waals surface area contributed by atoms with Crippen LogP contribution in [0.15, 0.2) is 71.6 Å². The predicted octanol–water partition coefficient (Wildman–Crippen LogP) is 4.55. The van der Waals surface area contributed by atoms with Gasteiger partial charge in [0.1, 0.15) is 29.8 Å². The van der Waals surface area contributed by atoms with Crippen molar-refractivity contribution in [3.05, 3.63) is 77.9 Å². The molecule has 43 heavy (non-hydrogen) atoms. The van der Waals surface area contributed by atoms with E-state index in [2.05, 4.69) is 5.32 Å². The molecule has 0 spiro atoms. The van der Waals surface area contributed by atoms with E-state index in [0.717, 1.165) is 9.87 Å². The van der Waals surface area contributed by atoms with Gasteiger partial charge in [0.2, 0.25) is 11.8 Å². The maximum atomic E-state index is 14.2. The molecule has 0 saturated heterocycles. The number of hydrogen-bond acceptors (Lipinski definition) is 7. The van der Waals surface area contributed by atoms with Crippen molar-refractivity contribution in [2.24, 2.45) is 0 Å². The van der Waals surface area contributed by atoms with Crippen LogP contribution in [0.3, 0.4) is 0 Å². The number of carbonyl (C=O) groups is 2. The highest BCUT2D eigenvalue weighted by Gasteiger charge is 2.34. The molecule has 2 atom stereocenters. The van der Waals surface area contributed by atoms with E-state index >= 15 is 0 Å². The van der Waals surface area contributed by atoms with Crippen molar-refractivity contribution < 1.29 is 32.2 Å². The number of anilines is 1. The lowest BCUT2D eigenvalue weighted by Crippen LogP contribution is -2.52. The summed E-state index contributed by atoms with van der Waals surface area (Å²) < 4.78 is 45.6. The quantitative estimate of drug-likeness (QED) is 0.285. The molecule has 11 heteroatoms. The molecule has 0 aliphatic carbocycles. The number of benzene rings is 3. The number of aryl methyl sites for hydroxylation is 1. The second-order valence-corrected chi connectivity index (χ2v) is 12.1. The second-order valence-electron chi connectivity index (χ2n) is 10.2. The summed E-state index contributed by atoms with van der Waals surface area (Å²) in [6.07, 6.45) is 0.709. The van der Waals surface area contributed by atoms with E-state index in [4.69, 9.17) is 14.2 Å². The molecule has 1 N–H and O–H groups in total. The first kappa shape index (κ1) is 33.3. The van der Waals surface area contributed by atoms with Crippen LogP contribution in [0.5, 0.6) is 17.2 Å². The molecule has 232 valence electrons. The fourth-order valence-corrected chi connectivity index (χ4v) is 5.77. The number of rotatable bonds is 14. The topological polar surface area (TPSA) is 114 Å². The van der Waals surface area contributed by atoms with Crippen molar-refractivity contribution in [2.75, 3.05) is 32.2 Å². The lowest BCUT2D eigenvalue weighted by molar-refractivity contribution is -0.139. The SMILES string of the molecule is CC[C@H](C)NC(=O)[C@H](C)N(Cc1cccc(OC)c1)C(=O)CN(c1cc(OC)ccc1OC)S(=O)(=O)c1ccc(C)cc1. The number of carbonyl (C=O) groups excluding carboxylic acids is 2. The van der Waals surface area contributed by atoms with E-state index < -0.39 is 28.5 Å². The number of hydrogen-bond donors (Lipinski definition) is 1. The molecule has 10 nitrogen and oxygen atoms in total. The number of methoxy groups -OCH3 is 3.